The molecule has 0 aromatic heterocycles. The molecule has 0 bridgehead atoms. The van der Waals surface area contributed by atoms with Gasteiger partial charge >= 0.3 is 0 Å². The number of hydrogen-bond acceptors (Lipinski definition) is 10. The van der Waals surface area contributed by atoms with Crippen LogP contribution in [0.3, 0.4) is 0 Å². The van der Waals surface area contributed by atoms with Crippen molar-refractivity contribution in [2.24, 2.45) is 22.9 Å². The Morgan fingerprint density at radius 2 is 0.688 bits per heavy atom. The van der Waals surface area contributed by atoms with Crippen LogP contribution in [-0.2, 0) is 18.9 Å². The minimum absolute atomic E-state index is 0. The van der Waals surface area contributed by atoms with E-state index in [1.807, 2.05) is 0 Å². The van der Waals surface area contributed by atoms with Gasteiger partial charge in [0.15, 0.2) is 0 Å². The summed E-state index contributed by atoms with van der Waals surface area (Å²) in [6.07, 6.45) is 15.4. The monoisotopic (exact) mass is 681 g/mol. The predicted molar refractivity (Wildman–Crippen MR) is 197 cm³/mol. The minimum Gasteiger partial charge on any atom is -0.375 e. The molecule has 0 aromatic carbocycles. The SMILES string of the molecule is C.C.C.C.NCC[C@@H]1CC[C@@H](CCN)O1.NCC[C@@H]1CC[C@H](CCN)O1.[C-]#[N+]C[C@@H]1CC[C@@H](CC#N)O1.[C-]#[N+]C[C@@H]1CC[C@H](CC#N)O1. The first-order chi connectivity index (χ1) is 21.5. The van der Waals surface area contributed by atoms with Gasteiger partial charge in [-0.25, -0.2) is 13.1 Å². The van der Waals surface area contributed by atoms with Gasteiger partial charge in [-0.15, -0.1) is 0 Å². The molecular formula is C36H72N8O4. The maximum Gasteiger partial charge on any atom is 0.240 e. The minimum atomic E-state index is 0. The van der Waals surface area contributed by atoms with Crippen molar-refractivity contribution in [3.63, 3.8) is 0 Å². The fourth-order valence-corrected chi connectivity index (χ4v) is 5.69. The molecule has 0 spiro atoms. The topological polar surface area (TPSA) is 197 Å². The van der Waals surface area contributed by atoms with Gasteiger partial charge in [0.2, 0.25) is 13.1 Å². The standard InChI is InChI=1S/2C8H10N2O.2C8H18N2O.4CH4/c2*1-10-6-8-3-2-7(11-8)4-5-9;2*9-5-3-7-1-2-8(11-7)4-6-10;;;;/h2*7-8H,2-4,6H2;2*7-8H,1-6,9-10H2;4*1H4/t7-,8+;7-,8-;7-,8+;7-,8-;;;;/m10.0..../s1. The van der Waals surface area contributed by atoms with Gasteiger partial charge < -0.3 is 51.6 Å². The fraction of sp³-hybridized carbons (Fsp3) is 0.889. The Morgan fingerprint density at radius 3 is 0.917 bits per heavy atom. The summed E-state index contributed by atoms with van der Waals surface area (Å²) in [5.74, 6) is 0. The van der Waals surface area contributed by atoms with Gasteiger partial charge in [-0.1, -0.05) is 29.7 Å². The van der Waals surface area contributed by atoms with Gasteiger partial charge in [0, 0.05) is 0 Å². The fourth-order valence-electron chi connectivity index (χ4n) is 5.69. The second-order valence-electron chi connectivity index (χ2n) is 11.5. The molecule has 4 saturated heterocycles. The molecule has 0 radical (unpaired) electrons. The molecule has 0 amide bonds. The highest BCUT2D eigenvalue weighted by atomic mass is 16.5. The van der Waals surface area contributed by atoms with E-state index >= 15 is 0 Å². The highest BCUT2D eigenvalue weighted by Gasteiger charge is 2.28. The third-order valence-electron chi connectivity index (χ3n) is 7.96. The van der Waals surface area contributed by atoms with Gasteiger partial charge in [0.25, 0.3) is 0 Å². The molecule has 4 aliphatic rings. The van der Waals surface area contributed by atoms with E-state index in [9.17, 15) is 0 Å². The van der Waals surface area contributed by atoms with Crippen LogP contribution in [0.5, 0.6) is 0 Å². The maximum atomic E-state index is 8.35. The summed E-state index contributed by atoms with van der Waals surface area (Å²) in [6, 6.07) is 4.14. The highest BCUT2D eigenvalue weighted by molar-refractivity contribution is 4.86. The first kappa shape index (κ1) is 52.5. The Labute approximate surface area is 294 Å². The Morgan fingerprint density at radius 1 is 0.458 bits per heavy atom. The molecule has 4 aliphatic heterocycles. The van der Waals surface area contributed by atoms with Gasteiger partial charge in [-0.3, -0.25) is 0 Å². The van der Waals surface area contributed by atoms with Crippen LogP contribution in [0.1, 0.15) is 120 Å². The van der Waals surface area contributed by atoms with Crippen LogP contribution in [0.2, 0.25) is 0 Å². The summed E-state index contributed by atoms with van der Waals surface area (Å²) in [6.45, 7) is 17.1. The zero-order valence-electron chi connectivity index (χ0n) is 26.5. The largest absolute Gasteiger partial charge is 0.375 e. The Kier molecular flexibility index (Phi) is 37.7. The summed E-state index contributed by atoms with van der Waals surface area (Å²) < 4.78 is 22.2. The number of ether oxygens (including phenoxy) is 4. The molecule has 4 heterocycles. The first-order valence-corrected chi connectivity index (χ1v) is 16.3. The molecule has 8 N–H and O–H groups in total. The quantitative estimate of drug-likeness (QED) is 0.184. The van der Waals surface area contributed by atoms with Crippen LogP contribution in [-0.4, -0.2) is 88.1 Å². The number of nitriles is 2. The van der Waals surface area contributed by atoms with Crippen LogP contribution in [0, 0.1) is 35.8 Å². The van der Waals surface area contributed by atoms with Crippen LogP contribution in [0.4, 0.5) is 0 Å². The lowest BCUT2D eigenvalue weighted by atomic mass is 10.1. The van der Waals surface area contributed by atoms with Crippen LogP contribution >= 0.6 is 0 Å². The second kappa shape index (κ2) is 34.5. The van der Waals surface area contributed by atoms with E-state index in [2.05, 4.69) is 21.8 Å². The van der Waals surface area contributed by atoms with E-state index in [1.54, 1.807) is 0 Å². The number of nitrogens with two attached hydrogens (primary N) is 4. The normalized spacial score (nSPS) is 27.7. The smallest absolute Gasteiger partial charge is 0.240 e. The third kappa shape index (κ3) is 23.9. The van der Waals surface area contributed by atoms with E-state index in [-0.39, 0.29) is 54.1 Å². The van der Waals surface area contributed by atoms with Gasteiger partial charge in [0.1, 0.15) is 12.2 Å². The van der Waals surface area contributed by atoms with Crippen LogP contribution in [0.25, 0.3) is 9.69 Å². The van der Waals surface area contributed by atoms with Crippen molar-refractivity contribution in [1.82, 2.24) is 0 Å². The molecule has 0 aromatic rings. The molecule has 8 atom stereocenters. The third-order valence-corrected chi connectivity index (χ3v) is 7.96. The zero-order valence-corrected chi connectivity index (χ0v) is 26.5. The van der Waals surface area contributed by atoms with Crippen LogP contribution < -0.4 is 22.9 Å². The summed E-state index contributed by atoms with van der Waals surface area (Å²) in [7, 11) is 0. The second-order valence-corrected chi connectivity index (χ2v) is 11.5. The van der Waals surface area contributed by atoms with E-state index in [4.69, 9.17) is 65.6 Å². The number of nitrogens with zero attached hydrogens (tertiary/aromatic N) is 4. The maximum absolute atomic E-state index is 8.35. The molecule has 12 heteroatoms. The molecule has 280 valence electrons. The van der Waals surface area contributed by atoms with Crippen molar-refractivity contribution in [2.75, 3.05) is 39.3 Å². The molecule has 0 aliphatic carbocycles. The van der Waals surface area contributed by atoms with Crippen molar-refractivity contribution in [1.29, 1.82) is 10.5 Å². The molecule has 0 saturated carbocycles. The summed E-state index contributed by atoms with van der Waals surface area (Å²) in [5, 5.41) is 16.7. The lowest BCUT2D eigenvalue weighted by molar-refractivity contribution is 0.0387. The Balaban J connectivity index is -0.000000262. The van der Waals surface area contributed by atoms with Gasteiger partial charge in [-0.05, 0) is 103 Å². The summed E-state index contributed by atoms with van der Waals surface area (Å²) in [5.41, 5.74) is 21.7. The molecule has 4 fully saturated rings. The highest BCUT2D eigenvalue weighted by Crippen LogP contribution is 2.25. The van der Waals surface area contributed by atoms with Crippen molar-refractivity contribution >= 4 is 0 Å². The number of rotatable bonds is 12. The average molecular weight is 681 g/mol. The van der Waals surface area contributed by atoms with E-state index < -0.39 is 0 Å². The zero-order chi connectivity index (χ0) is 32.4. The van der Waals surface area contributed by atoms with Crippen LogP contribution in [0.15, 0.2) is 0 Å². The molecule has 4 rings (SSSR count). The Bertz CT molecular complexity index is 760. The lowest BCUT2D eigenvalue weighted by Gasteiger charge is -2.11. The van der Waals surface area contributed by atoms with Crippen molar-refractivity contribution in [3.05, 3.63) is 22.8 Å². The van der Waals surface area contributed by atoms with E-state index in [0.717, 1.165) is 77.5 Å². The molecule has 12 nitrogen and oxygen atoms in total. The molecule has 48 heavy (non-hydrogen) atoms. The lowest BCUT2D eigenvalue weighted by Crippen LogP contribution is -2.17. The summed E-state index contributed by atoms with van der Waals surface area (Å²) in [4.78, 5) is 6.51. The van der Waals surface area contributed by atoms with Crippen molar-refractivity contribution < 1.29 is 18.9 Å². The predicted octanol–water partition coefficient (Wildman–Crippen LogP) is 5.74. The molecular weight excluding hydrogens is 608 g/mol. The summed E-state index contributed by atoms with van der Waals surface area (Å²) >= 11 is 0. The first-order valence-electron chi connectivity index (χ1n) is 16.3. The van der Waals surface area contributed by atoms with Gasteiger partial charge in [-0.2, -0.15) is 10.5 Å². The van der Waals surface area contributed by atoms with Crippen molar-refractivity contribution in [3.8, 4) is 12.1 Å². The van der Waals surface area contributed by atoms with E-state index in [1.165, 1.54) is 25.7 Å². The van der Waals surface area contributed by atoms with Crippen molar-refractivity contribution in [2.45, 2.75) is 168 Å². The van der Waals surface area contributed by atoms with E-state index in [0.29, 0.717) is 50.3 Å². The van der Waals surface area contributed by atoms with Gasteiger partial charge in [0.05, 0.1) is 61.6 Å². The number of hydrogen-bond donors (Lipinski definition) is 4. The Hall–Kier alpha value is -2.36. The average Bonchev–Trinajstić information content (AvgIpc) is 3.82. The molecule has 0 unspecified atom stereocenters.